The van der Waals surface area contributed by atoms with Crippen molar-refractivity contribution in [1.29, 1.82) is 0 Å². The summed E-state index contributed by atoms with van der Waals surface area (Å²) in [5.41, 5.74) is 5.12. The summed E-state index contributed by atoms with van der Waals surface area (Å²) in [6.45, 7) is 0. The van der Waals surface area contributed by atoms with Gasteiger partial charge in [0.15, 0.2) is 11.1 Å². The van der Waals surface area contributed by atoms with E-state index in [1.165, 1.54) is 0 Å². The first-order valence-electron chi connectivity index (χ1n) is 3.30. The second kappa shape index (κ2) is 3.65. The van der Waals surface area contributed by atoms with Gasteiger partial charge >= 0.3 is 0 Å². The monoisotopic (exact) mass is 237 g/mol. The van der Waals surface area contributed by atoms with Crippen molar-refractivity contribution < 1.29 is 21.7 Å². The molecule has 14 heavy (non-hydrogen) atoms. The summed E-state index contributed by atoms with van der Waals surface area (Å²) in [6, 6.07) is 2.97. The van der Waals surface area contributed by atoms with Gasteiger partial charge in [0.2, 0.25) is 0 Å². The van der Waals surface area contributed by atoms with Gasteiger partial charge in [-0.1, -0.05) is 0 Å². The molecule has 1 atom stereocenters. The van der Waals surface area contributed by atoms with Crippen LogP contribution in [0.4, 0.5) is 5.69 Å². The molecule has 0 saturated heterocycles. The van der Waals surface area contributed by atoms with Gasteiger partial charge in [-0.05, 0) is 18.2 Å². The average molecular weight is 237 g/mol. The average Bonchev–Trinajstić information content (AvgIpc) is 2.01. The maximum absolute atomic E-state index is 10.6. The molecule has 0 amide bonds. The highest BCUT2D eigenvalue weighted by atomic mass is 32.2. The predicted molar refractivity (Wildman–Crippen MR) is 49.7 cm³/mol. The third-order valence-corrected chi connectivity index (χ3v) is 3.06. The molecule has 0 heterocycles. The van der Waals surface area contributed by atoms with Crippen molar-refractivity contribution in [3.8, 4) is 0 Å². The van der Waals surface area contributed by atoms with Gasteiger partial charge in [0.25, 0.3) is 10.1 Å². The first kappa shape index (κ1) is 11.1. The third kappa shape index (κ3) is 2.29. The Morgan fingerprint density at radius 3 is 2.29 bits per heavy atom. The molecule has 0 aliphatic heterocycles. The molecular formula is C6H7NO5S2. The fourth-order valence-electron chi connectivity index (χ4n) is 0.846. The quantitative estimate of drug-likeness (QED) is 0.381. The molecule has 0 aliphatic carbocycles. The zero-order chi connectivity index (χ0) is 10.9. The Morgan fingerprint density at radius 1 is 1.36 bits per heavy atom. The summed E-state index contributed by atoms with van der Waals surface area (Å²) in [6.07, 6.45) is 0. The van der Waals surface area contributed by atoms with E-state index >= 15 is 0 Å². The van der Waals surface area contributed by atoms with E-state index in [1.807, 2.05) is 0 Å². The van der Waals surface area contributed by atoms with Gasteiger partial charge in [0.05, 0.1) is 15.5 Å². The SMILES string of the molecule is Nc1cc(S(=O)(=O)O)ccc1S(=O)O. The number of nitrogen functional groups attached to an aromatic ring is 1. The van der Waals surface area contributed by atoms with Gasteiger partial charge in [-0.2, -0.15) is 8.42 Å². The fraction of sp³-hybridized carbons (Fsp3) is 0. The van der Waals surface area contributed by atoms with Crippen LogP contribution in [0.1, 0.15) is 0 Å². The molecule has 1 unspecified atom stereocenters. The number of benzene rings is 1. The maximum atomic E-state index is 10.6. The van der Waals surface area contributed by atoms with Crippen LogP contribution in [0.2, 0.25) is 0 Å². The molecule has 0 spiro atoms. The molecule has 0 saturated carbocycles. The summed E-state index contributed by atoms with van der Waals surface area (Å²) in [5.74, 6) is 0. The second-order valence-corrected chi connectivity index (χ2v) is 4.78. The minimum atomic E-state index is -4.33. The molecule has 1 aromatic carbocycles. The predicted octanol–water partition coefficient (Wildman–Crippen LogP) is 0.0961. The number of anilines is 1. The van der Waals surface area contributed by atoms with E-state index in [9.17, 15) is 12.6 Å². The van der Waals surface area contributed by atoms with Crippen molar-refractivity contribution in [2.75, 3.05) is 5.73 Å². The molecule has 0 aromatic heterocycles. The van der Waals surface area contributed by atoms with Crippen LogP contribution in [0, 0.1) is 0 Å². The van der Waals surface area contributed by atoms with Crippen LogP contribution in [0.3, 0.4) is 0 Å². The van der Waals surface area contributed by atoms with Crippen LogP contribution < -0.4 is 5.73 Å². The first-order valence-corrected chi connectivity index (χ1v) is 5.85. The number of nitrogens with two attached hydrogens (primary N) is 1. The smallest absolute Gasteiger partial charge is 0.294 e. The number of rotatable bonds is 2. The Kier molecular flexibility index (Phi) is 2.90. The molecular weight excluding hydrogens is 230 g/mol. The normalized spacial score (nSPS) is 13.9. The van der Waals surface area contributed by atoms with Crippen molar-refractivity contribution in [2.24, 2.45) is 0 Å². The van der Waals surface area contributed by atoms with E-state index in [0.29, 0.717) is 0 Å². The Hall–Kier alpha value is -0.960. The van der Waals surface area contributed by atoms with Crippen molar-refractivity contribution >= 4 is 26.9 Å². The Labute approximate surface area is 82.8 Å². The van der Waals surface area contributed by atoms with Crippen molar-refractivity contribution in [3.63, 3.8) is 0 Å². The zero-order valence-electron chi connectivity index (χ0n) is 6.75. The third-order valence-electron chi connectivity index (χ3n) is 1.47. The van der Waals surface area contributed by atoms with Crippen LogP contribution >= 0.6 is 0 Å². The Morgan fingerprint density at radius 2 is 1.93 bits per heavy atom. The van der Waals surface area contributed by atoms with Gasteiger partial charge in [-0.3, -0.25) is 4.55 Å². The van der Waals surface area contributed by atoms with E-state index in [2.05, 4.69) is 0 Å². The van der Waals surface area contributed by atoms with Gasteiger partial charge < -0.3 is 10.3 Å². The standard InChI is InChI=1S/C6H7NO5S2/c7-5-3-4(14(10,11)12)1-2-6(5)13(8)9/h1-3H,7H2,(H,8,9)(H,10,11,12). The second-order valence-electron chi connectivity index (χ2n) is 2.42. The van der Waals surface area contributed by atoms with Crippen LogP contribution in [-0.2, 0) is 21.2 Å². The van der Waals surface area contributed by atoms with Crippen LogP contribution in [0.5, 0.6) is 0 Å². The van der Waals surface area contributed by atoms with Gasteiger partial charge in [0, 0.05) is 0 Å². The molecule has 0 radical (unpaired) electrons. The summed E-state index contributed by atoms with van der Waals surface area (Å²) in [5, 5.41) is 0. The highest BCUT2D eigenvalue weighted by Gasteiger charge is 2.13. The van der Waals surface area contributed by atoms with Crippen LogP contribution in [-0.4, -0.2) is 21.7 Å². The lowest BCUT2D eigenvalue weighted by Crippen LogP contribution is -2.02. The Balaban J connectivity index is 3.34. The molecule has 8 heteroatoms. The van der Waals surface area contributed by atoms with Crippen molar-refractivity contribution in [2.45, 2.75) is 9.79 Å². The number of hydrogen-bond acceptors (Lipinski definition) is 4. The van der Waals surface area contributed by atoms with E-state index < -0.39 is 26.1 Å². The topological polar surface area (TPSA) is 118 Å². The minimum Gasteiger partial charge on any atom is -0.398 e. The summed E-state index contributed by atoms with van der Waals surface area (Å²) in [7, 11) is -4.33. The highest BCUT2D eigenvalue weighted by Crippen LogP contribution is 2.19. The summed E-state index contributed by atoms with van der Waals surface area (Å²) < 4.78 is 49.2. The fourth-order valence-corrected chi connectivity index (χ4v) is 1.81. The molecule has 0 aliphatic rings. The molecule has 0 bridgehead atoms. The van der Waals surface area contributed by atoms with E-state index in [-0.39, 0.29) is 10.6 Å². The summed E-state index contributed by atoms with van der Waals surface area (Å²) in [4.78, 5) is -0.512. The lowest BCUT2D eigenvalue weighted by Gasteiger charge is -2.02. The van der Waals surface area contributed by atoms with Crippen LogP contribution in [0.25, 0.3) is 0 Å². The Bertz CT molecular complexity index is 481. The zero-order valence-corrected chi connectivity index (χ0v) is 8.38. The maximum Gasteiger partial charge on any atom is 0.294 e. The highest BCUT2D eigenvalue weighted by molar-refractivity contribution is 7.85. The van der Waals surface area contributed by atoms with E-state index in [1.54, 1.807) is 0 Å². The largest absolute Gasteiger partial charge is 0.398 e. The molecule has 1 rings (SSSR count). The summed E-state index contributed by atoms with van der Waals surface area (Å²) >= 11 is -2.28. The van der Waals surface area contributed by atoms with Crippen molar-refractivity contribution in [1.82, 2.24) is 0 Å². The van der Waals surface area contributed by atoms with Crippen LogP contribution in [0.15, 0.2) is 28.0 Å². The van der Waals surface area contributed by atoms with Gasteiger partial charge in [-0.15, -0.1) is 0 Å². The molecule has 0 fully saturated rings. The van der Waals surface area contributed by atoms with Gasteiger partial charge in [-0.25, -0.2) is 4.21 Å². The molecule has 1 aromatic rings. The van der Waals surface area contributed by atoms with E-state index in [4.69, 9.17) is 14.8 Å². The van der Waals surface area contributed by atoms with E-state index in [0.717, 1.165) is 18.2 Å². The molecule has 4 N–H and O–H groups in total. The van der Waals surface area contributed by atoms with Gasteiger partial charge in [0.1, 0.15) is 0 Å². The molecule has 78 valence electrons. The lowest BCUT2D eigenvalue weighted by molar-refractivity contribution is 0.483. The lowest BCUT2D eigenvalue weighted by atomic mass is 10.3. The van der Waals surface area contributed by atoms with Crippen molar-refractivity contribution in [3.05, 3.63) is 18.2 Å². The molecule has 6 nitrogen and oxygen atoms in total. The number of hydrogen-bond donors (Lipinski definition) is 3. The minimum absolute atomic E-state index is 0.0996. The first-order chi connectivity index (χ1) is 6.32.